The number of unbranched alkanes of at least 4 members (excludes halogenated alkanes) is 2. The van der Waals surface area contributed by atoms with Crippen molar-refractivity contribution >= 4 is 69.9 Å². The Balaban J connectivity index is 0.810. The van der Waals surface area contributed by atoms with Crippen LogP contribution in [0.3, 0.4) is 0 Å². The van der Waals surface area contributed by atoms with Gasteiger partial charge in [0.15, 0.2) is 17.2 Å². The molecule has 436 valence electrons. The fraction of sp³-hybridized carbons (Fsp3) is 0.492. The number of nitrogens with zero attached hydrogens (tertiary/aromatic N) is 4. The summed E-state index contributed by atoms with van der Waals surface area (Å²) in [6, 6.07) is 10.1. The molecule has 2 aromatic heterocycles. The molecule has 22 nitrogen and oxygen atoms in total. The molecule has 5 heterocycles. The Morgan fingerprint density at radius 1 is 0.878 bits per heavy atom. The maximum atomic E-state index is 15.5. The lowest BCUT2D eigenvalue weighted by Gasteiger charge is -2.31. The van der Waals surface area contributed by atoms with Crippen LogP contribution in [-0.4, -0.2) is 134 Å². The fourth-order valence-electron chi connectivity index (χ4n) is 11.3. The van der Waals surface area contributed by atoms with Crippen molar-refractivity contribution in [2.24, 2.45) is 5.92 Å². The van der Waals surface area contributed by atoms with Crippen molar-refractivity contribution in [1.29, 1.82) is 0 Å². The molecule has 1 aliphatic carbocycles. The van der Waals surface area contributed by atoms with E-state index in [9.17, 15) is 63.0 Å². The maximum Gasteiger partial charge on any atom is 0.343 e. The van der Waals surface area contributed by atoms with Crippen molar-refractivity contribution in [3.63, 3.8) is 0 Å². The molecule has 6 amide bonds. The lowest BCUT2D eigenvalue weighted by atomic mass is 9.81. The number of likely N-dealkylation sites (tertiary alicyclic amines) is 1. The van der Waals surface area contributed by atoms with E-state index in [4.69, 9.17) is 9.72 Å². The summed E-state index contributed by atoms with van der Waals surface area (Å²) in [5.74, 6) is -5.90. The number of nitrogens with one attached hydrogen (secondary N) is 4. The van der Waals surface area contributed by atoms with Gasteiger partial charge in [-0.15, -0.1) is 0 Å². The molecule has 4 aliphatic rings. The topological polar surface area (TPSA) is 310 Å². The monoisotopic (exact) mass is 1130 g/mol. The van der Waals surface area contributed by atoms with E-state index in [1.54, 1.807) is 57.2 Å². The van der Waals surface area contributed by atoms with Crippen molar-refractivity contribution in [1.82, 2.24) is 40.6 Å². The smallest absolute Gasteiger partial charge is 0.343 e. The third-order valence-electron chi connectivity index (χ3n) is 16.0. The number of hydrogen-bond acceptors (Lipinski definition) is 15. The Kier molecular flexibility index (Phi) is 19.2. The lowest BCUT2D eigenvalue weighted by molar-refractivity contribution is -0.172. The average molecular weight is 1130 g/mol. The number of carbonyl (C=O) groups is 10. The van der Waals surface area contributed by atoms with E-state index >= 15 is 4.39 Å². The molecular weight excluding hydrogens is 1060 g/mol. The Labute approximate surface area is 471 Å². The molecule has 0 bridgehead atoms. The van der Waals surface area contributed by atoms with Gasteiger partial charge in [-0.2, -0.15) is 0 Å². The molecule has 3 aliphatic heterocycles. The highest BCUT2D eigenvalue weighted by atomic mass is 19.1. The second kappa shape index (κ2) is 26.2. The van der Waals surface area contributed by atoms with Gasteiger partial charge in [0.25, 0.3) is 5.56 Å². The lowest BCUT2D eigenvalue weighted by Crippen LogP contribution is -2.44. The zero-order valence-corrected chi connectivity index (χ0v) is 46.3. The van der Waals surface area contributed by atoms with E-state index in [1.165, 1.54) is 20.4 Å². The van der Waals surface area contributed by atoms with Gasteiger partial charge in [0.2, 0.25) is 35.4 Å². The van der Waals surface area contributed by atoms with Crippen LogP contribution in [0.2, 0.25) is 0 Å². The van der Waals surface area contributed by atoms with Crippen molar-refractivity contribution in [2.75, 3.05) is 39.3 Å². The number of aromatic nitrogens is 2. The first-order chi connectivity index (χ1) is 39.2. The quantitative estimate of drug-likeness (QED) is 0.0238. The molecule has 4 atom stereocenters. The van der Waals surface area contributed by atoms with Crippen LogP contribution in [-0.2, 0) is 84.3 Å². The molecule has 2 unspecified atom stereocenters. The van der Waals surface area contributed by atoms with Gasteiger partial charge < -0.3 is 40.8 Å². The number of ketones is 2. The Hall–Kier alpha value is -8.05. The molecule has 1 saturated heterocycles. The summed E-state index contributed by atoms with van der Waals surface area (Å²) in [5.41, 5.74) is 1.86. The molecule has 2 aromatic carbocycles. The number of carboxylic acids is 1. The summed E-state index contributed by atoms with van der Waals surface area (Å²) < 4.78 is 22.2. The highest BCUT2D eigenvalue weighted by molar-refractivity contribution is 6.03. The molecule has 23 heteroatoms. The number of fused-ring (bicyclic) bond motifs is 5. The van der Waals surface area contributed by atoms with Crippen LogP contribution >= 0.6 is 0 Å². The minimum atomic E-state index is -2.06. The molecule has 0 saturated carbocycles. The summed E-state index contributed by atoms with van der Waals surface area (Å²) in [7, 11) is 0. The minimum absolute atomic E-state index is 0.0195. The van der Waals surface area contributed by atoms with Crippen molar-refractivity contribution in [3.05, 3.63) is 97.6 Å². The summed E-state index contributed by atoms with van der Waals surface area (Å²) in [6.45, 7) is 4.25. The fourth-order valence-corrected chi connectivity index (χ4v) is 11.3. The second-order valence-corrected chi connectivity index (χ2v) is 21.6. The molecule has 1 fully saturated rings. The molecule has 8 rings (SSSR count). The maximum absolute atomic E-state index is 15.5. The molecule has 0 spiro atoms. The van der Waals surface area contributed by atoms with E-state index in [2.05, 4.69) is 21.3 Å². The van der Waals surface area contributed by atoms with E-state index in [-0.39, 0.29) is 132 Å². The van der Waals surface area contributed by atoms with Crippen molar-refractivity contribution in [3.8, 4) is 11.4 Å². The summed E-state index contributed by atoms with van der Waals surface area (Å²) in [6.07, 6.45) is 1.72. The van der Waals surface area contributed by atoms with Crippen LogP contribution in [0.5, 0.6) is 0 Å². The third kappa shape index (κ3) is 13.6. The van der Waals surface area contributed by atoms with Gasteiger partial charge in [-0.05, 0) is 73.8 Å². The first-order valence-electron chi connectivity index (χ1n) is 28.0. The Morgan fingerprint density at radius 3 is 2.34 bits per heavy atom. The van der Waals surface area contributed by atoms with Crippen molar-refractivity contribution in [2.45, 2.75) is 141 Å². The van der Waals surface area contributed by atoms with E-state index in [0.717, 1.165) is 11.1 Å². The number of Topliss-reactive ketones (excluding diaryl/α,β-unsaturated/α-hetero) is 2. The largest absolute Gasteiger partial charge is 0.480 e. The number of cyclic esters (lactones) is 1. The second-order valence-electron chi connectivity index (χ2n) is 21.6. The van der Waals surface area contributed by atoms with Gasteiger partial charge in [-0.3, -0.25) is 57.7 Å². The van der Waals surface area contributed by atoms with Gasteiger partial charge in [0, 0.05) is 99.6 Å². The van der Waals surface area contributed by atoms with Gasteiger partial charge >= 0.3 is 11.9 Å². The van der Waals surface area contributed by atoms with Crippen LogP contribution in [0.15, 0.2) is 47.3 Å². The number of halogens is 1. The predicted octanol–water partition coefficient (Wildman–Crippen LogP) is 3.02. The van der Waals surface area contributed by atoms with E-state index < -0.39 is 76.8 Å². The number of amides is 6. The zero-order valence-electron chi connectivity index (χ0n) is 46.3. The number of hydrogen-bond donors (Lipinski definition) is 6. The van der Waals surface area contributed by atoms with Crippen molar-refractivity contribution < 1.29 is 67.3 Å². The first-order valence-corrected chi connectivity index (χ1v) is 28.0. The molecule has 4 aromatic rings. The number of aryl methyl sites for hydroxylation is 1. The number of imide groups is 1. The van der Waals surface area contributed by atoms with Gasteiger partial charge in [0.1, 0.15) is 12.4 Å². The average Bonchev–Trinajstić information content (AvgIpc) is 2.27. The number of esters is 1. The summed E-state index contributed by atoms with van der Waals surface area (Å²) in [5, 5.41) is 32.9. The number of aliphatic carboxylic acids is 1. The number of carboxylic acid groups (broad SMARTS) is 1. The van der Waals surface area contributed by atoms with Crippen LogP contribution < -0.4 is 26.8 Å². The number of aliphatic hydroxyl groups is 1. The van der Waals surface area contributed by atoms with Crippen LogP contribution in [0, 0.1) is 18.7 Å². The summed E-state index contributed by atoms with van der Waals surface area (Å²) >= 11 is 0. The van der Waals surface area contributed by atoms with E-state index in [1.807, 2.05) is 0 Å². The number of pyridine rings is 2. The number of carbonyl (C=O) groups excluding carboxylic acids is 9. The molecule has 0 radical (unpaired) electrons. The number of rotatable bonds is 28. The Bertz CT molecular complexity index is 3290. The predicted molar refractivity (Wildman–Crippen MR) is 293 cm³/mol. The molecule has 82 heavy (non-hydrogen) atoms. The molecular formula is C59H69FN8O14. The van der Waals surface area contributed by atoms with Gasteiger partial charge in [-0.25, -0.2) is 14.2 Å². The standard InChI is InChI=1S/C59H69FN8O14/c1-4-59(81)40-27-45-55-38(30-68(45)57(79)39(40)32-82-58(59)80)54-42(16-15-37-34(3)41(60)28-44(65-55)53(37)54)63-50(74)20-23-66(31-52(76)77)24-21-61-48(72)19-17-46(70)43(26-35-11-7-5-8-12-35)64-49(73)18-14-36(69)29-62-47(71)13-9-6-10-22-67-51(75)25-33(2)56(67)78/h5,7-8,11-12,27-28,33,42-43,81H,4,6,9-10,13-26,29-32H2,1-3H3,(H,61,72)(H,62,71)(H,63,74)(H,64,73)(H,76,77)/t33?,42-,43?,59-/m0/s1. The highest BCUT2D eigenvalue weighted by Crippen LogP contribution is 2.46. The summed E-state index contributed by atoms with van der Waals surface area (Å²) in [4.78, 5) is 149. The van der Waals surface area contributed by atoms with Gasteiger partial charge in [0.05, 0.1) is 54.2 Å². The van der Waals surface area contributed by atoms with Crippen LogP contribution in [0.25, 0.3) is 22.3 Å². The molecule has 6 N–H and O–H groups in total. The first kappa shape index (κ1) is 60.1. The zero-order chi connectivity index (χ0) is 59.0. The van der Waals surface area contributed by atoms with E-state index in [0.29, 0.717) is 77.6 Å². The van der Waals surface area contributed by atoms with Crippen LogP contribution in [0.1, 0.15) is 136 Å². The minimum Gasteiger partial charge on any atom is -0.480 e. The van der Waals surface area contributed by atoms with Crippen LogP contribution in [0.4, 0.5) is 4.39 Å². The third-order valence-corrected chi connectivity index (χ3v) is 16.0. The SMILES string of the molecule is CC[C@@]1(O)C(=O)OCc2c1cc1n(c2=O)Cc2c-1nc1cc(F)c(C)c3c1c2[C@@H](NC(=O)CCN(CCNC(=O)CCC(=O)C(Cc1ccccc1)NC(=O)CCC(=O)CNC(=O)CCCCCN1C(=O)CC(C)C1=O)CC(=O)O)CC3. The highest BCUT2D eigenvalue weighted by Gasteiger charge is 2.46. The number of ether oxygens (including phenoxy) is 1. The Morgan fingerprint density at radius 2 is 1.62 bits per heavy atom. The normalized spacial score (nSPS) is 18.1. The van der Waals surface area contributed by atoms with Gasteiger partial charge in [-0.1, -0.05) is 50.6 Å². The number of benzene rings is 2.